The number of nitrogens with zero attached hydrogens (tertiary/aromatic N) is 2. The molecule has 1 N–H and O–H groups in total. The van der Waals surface area contributed by atoms with Gasteiger partial charge in [-0.15, -0.1) is 11.8 Å². The molecule has 0 spiro atoms. The van der Waals surface area contributed by atoms with Gasteiger partial charge in [-0.25, -0.2) is 0 Å². The van der Waals surface area contributed by atoms with Crippen LogP contribution in [0.25, 0.3) is 5.69 Å². The molecule has 7 atom stereocenters. The topological polar surface area (TPSA) is 96.7 Å². The Labute approximate surface area is 227 Å². The van der Waals surface area contributed by atoms with Crippen molar-refractivity contribution in [2.45, 2.75) is 35.5 Å². The first-order chi connectivity index (χ1) is 18.5. The maximum atomic E-state index is 13.6. The molecule has 1 aromatic heterocycles. The summed E-state index contributed by atoms with van der Waals surface area (Å²) >= 11 is 3.02. The van der Waals surface area contributed by atoms with Crippen molar-refractivity contribution in [1.82, 2.24) is 9.47 Å². The largest absolute Gasteiger partial charge is 0.481 e. The smallest absolute Gasteiger partial charge is 0.312 e. The third-order valence-corrected chi connectivity index (χ3v) is 11.6. The zero-order chi connectivity index (χ0) is 26.1. The molecule has 7 rings (SSSR count). The number of carboxylic acid groups (broad SMARTS) is 1. The number of imide groups is 1. The highest BCUT2D eigenvalue weighted by molar-refractivity contribution is 8.00. The van der Waals surface area contributed by atoms with E-state index in [0.29, 0.717) is 0 Å². The molecule has 4 aliphatic rings. The molecule has 194 valence electrons. The highest BCUT2D eigenvalue weighted by Gasteiger charge is 2.69. The Morgan fingerprint density at radius 2 is 1.58 bits per heavy atom. The number of carbonyl (C=O) groups is 3. The third-order valence-electron chi connectivity index (χ3n) is 8.91. The van der Waals surface area contributed by atoms with E-state index in [1.165, 1.54) is 16.2 Å². The van der Waals surface area contributed by atoms with Crippen LogP contribution < -0.4 is 4.87 Å². The van der Waals surface area contributed by atoms with Crippen LogP contribution in [0.5, 0.6) is 0 Å². The lowest BCUT2D eigenvalue weighted by atomic mass is 9.68. The molecule has 0 unspecified atom stereocenters. The van der Waals surface area contributed by atoms with Crippen LogP contribution in [0.2, 0.25) is 0 Å². The van der Waals surface area contributed by atoms with Crippen molar-refractivity contribution in [2.75, 3.05) is 6.54 Å². The fourth-order valence-corrected chi connectivity index (χ4v) is 10.7. The fraction of sp³-hybridized carbons (Fsp3) is 0.379. The Hall–Kier alpha value is -3.17. The van der Waals surface area contributed by atoms with E-state index in [-0.39, 0.29) is 76.8 Å². The molecular formula is C29H26N2O5S2. The number of benzene rings is 2. The van der Waals surface area contributed by atoms with Crippen molar-refractivity contribution in [3.05, 3.63) is 80.8 Å². The fourth-order valence-electron chi connectivity index (χ4n) is 7.58. The monoisotopic (exact) mass is 546 g/mol. The van der Waals surface area contributed by atoms with Crippen molar-refractivity contribution in [3.8, 4) is 5.69 Å². The number of rotatable bonds is 6. The van der Waals surface area contributed by atoms with Crippen LogP contribution >= 0.6 is 23.1 Å². The molecule has 1 saturated heterocycles. The van der Waals surface area contributed by atoms with E-state index in [0.717, 1.165) is 27.6 Å². The quantitative estimate of drug-likeness (QED) is 0.465. The van der Waals surface area contributed by atoms with Gasteiger partial charge < -0.3 is 5.11 Å². The molecular weight excluding hydrogens is 520 g/mol. The van der Waals surface area contributed by atoms with Gasteiger partial charge >= 0.3 is 10.8 Å². The van der Waals surface area contributed by atoms with Crippen LogP contribution in [0.15, 0.2) is 70.5 Å². The maximum absolute atomic E-state index is 13.6. The Balaban J connectivity index is 1.31. The van der Waals surface area contributed by atoms with E-state index in [9.17, 15) is 19.2 Å². The lowest BCUT2D eigenvalue weighted by molar-refractivity contribution is -0.142. The van der Waals surface area contributed by atoms with Crippen molar-refractivity contribution >= 4 is 40.9 Å². The molecule has 3 heterocycles. The van der Waals surface area contributed by atoms with Gasteiger partial charge in [0.2, 0.25) is 11.8 Å². The number of aromatic nitrogens is 1. The van der Waals surface area contributed by atoms with Crippen LogP contribution in [-0.4, -0.2) is 44.2 Å². The maximum Gasteiger partial charge on any atom is 0.312 e. The molecule has 2 bridgehead atoms. The van der Waals surface area contributed by atoms with Crippen molar-refractivity contribution < 1.29 is 19.5 Å². The van der Waals surface area contributed by atoms with Gasteiger partial charge in [-0.1, -0.05) is 59.9 Å². The number of para-hydroxylation sites is 1. The van der Waals surface area contributed by atoms with Crippen LogP contribution in [0.3, 0.4) is 0 Å². The SMILES string of the molecule is O=C(O)CCCN1C(=O)[C@@H]2[C@H]3C[C@@H]([C@@H]2C1=O)[C@@H]1[C@@H](c2ccccc2)c2sc(=O)n(-c4ccccc4)c2S[C@@H]31. The van der Waals surface area contributed by atoms with E-state index in [1.54, 1.807) is 11.8 Å². The summed E-state index contributed by atoms with van der Waals surface area (Å²) in [6, 6.07) is 19.9. The van der Waals surface area contributed by atoms with Crippen LogP contribution in [0.1, 0.15) is 35.6 Å². The number of hydrogen-bond acceptors (Lipinski definition) is 6. The number of aliphatic carboxylic acids is 1. The van der Waals surface area contributed by atoms with Gasteiger partial charge in [0.25, 0.3) is 0 Å². The predicted molar refractivity (Wildman–Crippen MR) is 144 cm³/mol. The zero-order valence-corrected chi connectivity index (χ0v) is 22.1. The molecule has 2 amide bonds. The minimum absolute atomic E-state index is 0.0139. The van der Waals surface area contributed by atoms with Gasteiger partial charge in [-0.3, -0.25) is 28.6 Å². The minimum atomic E-state index is -0.923. The summed E-state index contributed by atoms with van der Waals surface area (Å²) in [5.41, 5.74) is 1.98. The van der Waals surface area contributed by atoms with Gasteiger partial charge in [-0.2, -0.15) is 0 Å². The summed E-state index contributed by atoms with van der Waals surface area (Å²) in [5.74, 6) is -1.63. The number of fused-ring (bicyclic) bond motifs is 9. The van der Waals surface area contributed by atoms with Gasteiger partial charge in [0.15, 0.2) is 0 Å². The van der Waals surface area contributed by atoms with Crippen molar-refractivity contribution in [3.63, 3.8) is 0 Å². The highest BCUT2D eigenvalue weighted by atomic mass is 32.2. The van der Waals surface area contributed by atoms with E-state index >= 15 is 0 Å². The average molecular weight is 547 g/mol. The summed E-state index contributed by atoms with van der Waals surface area (Å²) in [4.78, 5) is 53.9. The Morgan fingerprint density at radius 1 is 0.921 bits per heavy atom. The second kappa shape index (κ2) is 8.95. The summed E-state index contributed by atoms with van der Waals surface area (Å²) in [7, 11) is 0. The number of thiazole rings is 1. The van der Waals surface area contributed by atoms with Gasteiger partial charge in [0.05, 0.1) is 22.5 Å². The van der Waals surface area contributed by atoms with Gasteiger partial charge in [0.1, 0.15) is 0 Å². The summed E-state index contributed by atoms with van der Waals surface area (Å²) in [6.45, 7) is 0.169. The normalized spacial score (nSPS) is 30.8. The molecule has 2 saturated carbocycles. The second-order valence-corrected chi connectivity index (χ2v) is 12.9. The van der Waals surface area contributed by atoms with Crippen LogP contribution in [-0.2, 0) is 14.4 Å². The summed E-state index contributed by atoms with van der Waals surface area (Å²) < 4.78 is 1.82. The van der Waals surface area contributed by atoms with Gasteiger partial charge in [0, 0.05) is 29.0 Å². The third kappa shape index (κ3) is 3.41. The minimum Gasteiger partial charge on any atom is -0.481 e. The molecule has 2 aromatic carbocycles. The lowest BCUT2D eigenvalue weighted by Crippen LogP contribution is -2.43. The highest BCUT2D eigenvalue weighted by Crippen LogP contribution is 2.68. The van der Waals surface area contributed by atoms with E-state index in [2.05, 4.69) is 12.1 Å². The van der Waals surface area contributed by atoms with Gasteiger partial charge in [-0.05, 0) is 48.3 Å². The number of hydrogen-bond donors (Lipinski definition) is 1. The summed E-state index contributed by atoms with van der Waals surface area (Å²) in [6.07, 6.45) is 1.05. The first-order valence-corrected chi connectivity index (χ1v) is 14.7. The van der Waals surface area contributed by atoms with Crippen molar-refractivity contribution in [1.29, 1.82) is 0 Å². The lowest BCUT2D eigenvalue weighted by Gasteiger charge is -2.43. The molecule has 9 heteroatoms. The van der Waals surface area contributed by atoms with Crippen LogP contribution in [0, 0.1) is 29.6 Å². The van der Waals surface area contributed by atoms with E-state index < -0.39 is 5.97 Å². The second-order valence-electron chi connectivity index (χ2n) is 10.7. The number of thioether (sulfide) groups is 1. The number of carboxylic acids is 1. The number of amides is 2. The van der Waals surface area contributed by atoms with Crippen LogP contribution in [0.4, 0.5) is 0 Å². The Bertz CT molecular complexity index is 1500. The first kappa shape index (κ1) is 23.9. The molecule has 2 aliphatic heterocycles. The molecule has 0 radical (unpaired) electrons. The molecule has 2 aliphatic carbocycles. The molecule has 7 nitrogen and oxygen atoms in total. The predicted octanol–water partition coefficient (Wildman–Crippen LogP) is 4.24. The Kier molecular flexibility index (Phi) is 5.63. The van der Waals surface area contributed by atoms with E-state index in [4.69, 9.17) is 5.11 Å². The number of carbonyl (C=O) groups excluding carboxylic acids is 2. The number of likely N-dealkylation sites (tertiary alicyclic amines) is 1. The summed E-state index contributed by atoms with van der Waals surface area (Å²) in [5, 5.41) is 10.1. The molecule has 38 heavy (non-hydrogen) atoms. The van der Waals surface area contributed by atoms with Crippen molar-refractivity contribution in [2.24, 2.45) is 29.6 Å². The zero-order valence-electron chi connectivity index (χ0n) is 20.4. The average Bonchev–Trinajstić information content (AvgIpc) is 3.64. The molecule has 3 aromatic rings. The Morgan fingerprint density at radius 3 is 2.26 bits per heavy atom. The van der Waals surface area contributed by atoms with E-state index in [1.807, 2.05) is 53.1 Å². The first-order valence-electron chi connectivity index (χ1n) is 13.1. The standard InChI is InChI=1S/C29H26N2O5S2/c32-19(33)12-7-13-30-26(34)22-17-14-18(23(22)27(30)35)24-21(17)20(15-8-3-1-4-9-15)25-28(37-24)31(29(36)38-25)16-10-5-2-6-11-16/h1-6,8-11,17-18,20-24H,7,12-14H2,(H,32,33)/t17-,18-,20-,21-,22+,23-,24+/m1/s1. The molecule has 3 fully saturated rings.